The third kappa shape index (κ3) is 3.35. The van der Waals surface area contributed by atoms with E-state index in [9.17, 15) is 14.9 Å². The van der Waals surface area contributed by atoms with Gasteiger partial charge in [-0.2, -0.15) is 4.98 Å². The van der Waals surface area contributed by atoms with Gasteiger partial charge >= 0.3 is 5.69 Å². The Labute approximate surface area is 133 Å². The molecule has 0 spiro atoms. The lowest BCUT2D eigenvalue weighted by Gasteiger charge is -2.35. The van der Waals surface area contributed by atoms with Crippen LogP contribution in [-0.2, 0) is 4.79 Å². The fourth-order valence-electron chi connectivity index (χ4n) is 3.10. The molecule has 1 atom stereocenters. The molecule has 2 rings (SSSR count). The van der Waals surface area contributed by atoms with Gasteiger partial charge < -0.3 is 4.90 Å². The van der Waals surface area contributed by atoms with Gasteiger partial charge in [-0.25, -0.2) is 4.98 Å². The smallest absolute Gasteiger partial charge is 0.329 e. The molecule has 7 nitrogen and oxygen atoms in total. The lowest BCUT2D eigenvalue weighted by Crippen LogP contribution is -2.46. The quantitative estimate of drug-likeness (QED) is 0.453. The summed E-state index contributed by atoms with van der Waals surface area (Å²) in [5, 5.41) is 11.3. The zero-order valence-corrected chi connectivity index (χ0v) is 13.4. The van der Waals surface area contributed by atoms with E-state index in [-0.39, 0.29) is 28.6 Å². The standard InChI is InChI=1S/C14H19ClN4O3/c1-3-11(9(2)20)18(10-6-4-5-7-10)13-12(19(21)22)8-16-14(15)17-13/h8,10-11H,3-7H2,1-2H3/t11-/m1/s1. The van der Waals surface area contributed by atoms with E-state index < -0.39 is 11.0 Å². The highest BCUT2D eigenvalue weighted by Gasteiger charge is 2.36. The van der Waals surface area contributed by atoms with Crippen LogP contribution in [0.3, 0.4) is 0 Å². The van der Waals surface area contributed by atoms with Crippen LogP contribution in [-0.4, -0.2) is 32.8 Å². The highest BCUT2D eigenvalue weighted by molar-refractivity contribution is 6.28. The van der Waals surface area contributed by atoms with Crippen molar-refractivity contribution in [2.24, 2.45) is 0 Å². The van der Waals surface area contributed by atoms with Crippen LogP contribution in [0.25, 0.3) is 0 Å². The van der Waals surface area contributed by atoms with Crippen molar-refractivity contribution in [3.05, 3.63) is 21.6 Å². The third-order valence-corrected chi connectivity index (χ3v) is 4.25. The summed E-state index contributed by atoms with van der Waals surface area (Å²) >= 11 is 5.84. The number of rotatable bonds is 6. The van der Waals surface area contributed by atoms with E-state index >= 15 is 0 Å². The molecular weight excluding hydrogens is 308 g/mol. The Bertz CT molecular complexity index is 575. The molecule has 1 aliphatic rings. The van der Waals surface area contributed by atoms with Crippen LogP contribution in [0.2, 0.25) is 5.28 Å². The maximum Gasteiger partial charge on any atom is 0.329 e. The zero-order valence-electron chi connectivity index (χ0n) is 12.7. The van der Waals surface area contributed by atoms with E-state index in [0.29, 0.717) is 6.42 Å². The van der Waals surface area contributed by atoms with Gasteiger partial charge in [-0.3, -0.25) is 14.9 Å². The molecule has 1 aromatic heterocycles. The Morgan fingerprint density at radius 2 is 2.18 bits per heavy atom. The summed E-state index contributed by atoms with van der Waals surface area (Å²) in [6, 6.07) is -0.369. The van der Waals surface area contributed by atoms with Crippen molar-refractivity contribution in [2.45, 2.75) is 58.0 Å². The van der Waals surface area contributed by atoms with Gasteiger partial charge in [0.2, 0.25) is 11.1 Å². The highest BCUT2D eigenvalue weighted by Crippen LogP contribution is 2.35. The summed E-state index contributed by atoms with van der Waals surface area (Å²) in [6.07, 6.45) is 5.54. The number of nitro groups is 1. The second-order valence-corrected chi connectivity index (χ2v) is 5.82. The number of ketones is 1. The Kier molecular flexibility index (Phi) is 5.28. The number of anilines is 1. The van der Waals surface area contributed by atoms with Crippen molar-refractivity contribution >= 4 is 28.9 Å². The first-order valence-electron chi connectivity index (χ1n) is 7.41. The molecule has 120 valence electrons. The lowest BCUT2D eigenvalue weighted by molar-refractivity contribution is -0.384. The summed E-state index contributed by atoms with van der Waals surface area (Å²) in [7, 11) is 0. The fraction of sp³-hybridized carbons (Fsp3) is 0.643. The molecule has 1 saturated carbocycles. The van der Waals surface area contributed by atoms with Crippen LogP contribution in [0.1, 0.15) is 46.0 Å². The molecule has 1 aliphatic carbocycles. The van der Waals surface area contributed by atoms with Crippen molar-refractivity contribution in [2.75, 3.05) is 4.90 Å². The van der Waals surface area contributed by atoms with Gasteiger partial charge in [0, 0.05) is 6.04 Å². The van der Waals surface area contributed by atoms with E-state index in [4.69, 9.17) is 11.6 Å². The number of aromatic nitrogens is 2. The molecule has 1 aromatic rings. The minimum absolute atomic E-state index is 0.0292. The van der Waals surface area contributed by atoms with E-state index in [1.54, 1.807) is 4.90 Å². The third-order valence-electron chi connectivity index (χ3n) is 4.07. The molecular formula is C14H19ClN4O3. The second kappa shape index (κ2) is 7.00. The molecule has 1 fully saturated rings. The Morgan fingerprint density at radius 3 is 2.68 bits per heavy atom. The number of Topliss-reactive ketones (excluding diaryl/α,β-unsaturated/α-hetero) is 1. The van der Waals surface area contributed by atoms with Gasteiger partial charge in [0.15, 0.2) is 5.78 Å². The predicted molar refractivity (Wildman–Crippen MR) is 83.2 cm³/mol. The van der Waals surface area contributed by atoms with Crippen LogP contribution < -0.4 is 4.90 Å². The summed E-state index contributed by atoms with van der Waals surface area (Å²) in [4.78, 5) is 32.4. The minimum Gasteiger partial charge on any atom is -0.338 e. The van der Waals surface area contributed by atoms with Crippen LogP contribution in [0.5, 0.6) is 0 Å². The first-order valence-corrected chi connectivity index (χ1v) is 7.79. The minimum atomic E-state index is -0.527. The molecule has 0 unspecified atom stereocenters. The van der Waals surface area contributed by atoms with Gasteiger partial charge in [0.05, 0.1) is 11.0 Å². The molecule has 0 radical (unpaired) electrons. The van der Waals surface area contributed by atoms with Crippen molar-refractivity contribution in [1.82, 2.24) is 9.97 Å². The van der Waals surface area contributed by atoms with Crippen molar-refractivity contribution in [1.29, 1.82) is 0 Å². The first kappa shape index (κ1) is 16.6. The number of hydrogen-bond donors (Lipinski definition) is 0. The Balaban J connectivity index is 2.55. The Hall–Kier alpha value is -1.76. The van der Waals surface area contributed by atoms with E-state index in [1.165, 1.54) is 6.92 Å². The maximum atomic E-state index is 12.0. The number of nitrogens with zero attached hydrogens (tertiary/aromatic N) is 4. The SMILES string of the molecule is CC[C@H](C(C)=O)N(c1nc(Cl)ncc1[N+](=O)[O-])C1CCCC1. The van der Waals surface area contributed by atoms with Crippen LogP contribution in [0.4, 0.5) is 11.5 Å². The van der Waals surface area contributed by atoms with Gasteiger partial charge in [0.25, 0.3) is 0 Å². The molecule has 0 saturated heterocycles. The highest BCUT2D eigenvalue weighted by atomic mass is 35.5. The predicted octanol–water partition coefficient (Wildman–Crippen LogP) is 3.15. The van der Waals surface area contributed by atoms with Crippen LogP contribution in [0.15, 0.2) is 6.20 Å². The normalized spacial score (nSPS) is 16.5. The van der Waals surface area contributed by atoms with Crippen molar-refractivity contribution in [3.63, 3.8) is 0 Å². The molecule has 0 aromatic carbocycles. The van der Waals surface area contributed by atoms with Gasteiger partial charge in [-0.05, 0) is 37.8 Å². The van der Waals surface area contributed by atoms with Crippen LogP contribution in [0, 0.1) is 10.1 Å². The maximum absolute atomic E-state index is 12.0. The molecule has 22 heavy (non-hydrogen) atoms. The molecule has 0 amide bonds. The van der Waals surface area contributed by atoms with Gasteiger partial charge in [-0.15, -0.1) is 0 Å². The van der Waals surface area contributed by atoms with E-state index in [1.807, 2.05) is 6.92 Å². The molecule has 0 N–H and O–H groups in total. The topological polar surface area (TPSA) is 89.2 Å². The second-order valence-electron chi connectivity index (χ2n) is 5.49. The average molecular weight is 327 g/mol. The summed E-state index contributed by atoms with van der Waals surface area (Å²) in [6.45, 7) is 3.40. The van der Waals surface area contributed by atoms with Crippen LogP contribution >= 0.6 is 11.6 Å². The summed E-state index contributed by atoms with van der Waals surface area (Å²) in [5.74, 6) is 0.123. The largest absolute Gasteiger partial charge is 0.338 e. The molecule has 1 heterocycles. The van der Waals surface area contributed by atoms with Gasteiger partial charge in [0.1, 0.15) is 6.20 Å². The van der Waals surface area contributed by atoms with E-state index in [0.717, 1.165) is 31.9 Å². The summed E-state index contributed by atoms with van der Waals surface area (Å²) in [5.41, 5.74) is -0.212. The van der Waals surface area contributed by atoms with Gasteiger partial charge in [-0.1, -0.05) is 19.8 Å². The molecule has 8 heteroatoms. The monoisotopic (exact) mass is 326 g/mol. The molecule has 0 aliphatic heterocycles. The fourth-order valence-corrected chi connectivity index (χ4v) is 3.23. The number of carbonyl (C=O) groups excluding carboxylic acids is 1. The number of carbonyl (C=O) groups is 1. The van der Waals surface area contributed by atoms with Crippen molar-refractivity contribution in [3.8, 4) is 0 Å². The van der Waals surface area contributed by atoms with Crippen molar-refractivity contribution < 1.29 is 9.72 Å². The number of hydrogen-bond acceptors (Lipinski definition) is 6. The Morgan fingerprint density at radius 1 is 1.55 bits per heavy atom. The zero-order chi connectivity index (χ0) is 16.3. The van der Waals surface area contributed by atoms with E-state index in [2.05, 4.69) is 9.97 Å². The lowest BCUT2D eigenvalue weighted by atomic mass is 10.0. The summed E-state index contributed by atoms with van der Waals surface area (Å²) < 4.78 is 0. The number of halogens is 1. The average Bonchev–Trinajstić information content (AvgIpc) is 2.97. The molecule has 0 bridgehead atoms. The first-order chi connectivity index (χ1) is 10.5.